The molecule has 0 spiro atoms. The molecule has 0 atom stereocenters. The molecule has 6 heteroatoms. The Hall–Kier alpha value is -2.08. The van der Waals surface area contributed by atoms with E-state index in [-0.39, 0.29) is 5.91 Å². The second-order valence-corrected chi connectivity index (χ2v) is 4.78. The van der Waals surface area contributed by atoms with Gasteiger partial charge in [-0.25, -0.2) is 4.98 Å². The van der Waals surface area contributed by atoms with Crippen molar-refractivity contribution in [3.63, 3.8) is 0 Å². The number of nitrogens with zero attached hydrogens (tertiary/aromatic N) is 1. The van der Waals surface area contributed by atoms with Crippen molar-refractivity contribution in [2.24, 2.45) is 0 Å². The Kier molecular flexibility index (Phi) is 2.64. The summed E-state index contributed by atoms with van der Waals surface area (Å²) >= 11 is 1.38. The fourth-order valence-electron chi connectivity index (χ4n) is 1.83. The summed E-state index contributed by atoms with van der Waals surface area (Å²) in [5, 5.41) is 5.16. The van der Waals surface area contributed by atoms with E-state index in [4.69, 9.17) is 10.5 Å². The van der Waals surface area contributed by atoms with E-state index in [0.29, 0.717) is 29.6 Å². The van der Waals surface area contributed by atoms with E-state index < -0.39 is 0 Å². The third-order valence-electron chi connectivity index (χ3n) is 2.69. The monoisotopic (exact) mass is 261 g/mol. The minimum Gasteiger partial charge on any atom is -0.491 e. The number of hydrogen-bond acceptors (Lipinski definition) is 5. The van der Waals surface area contributed by atoms with Crippen LogP contribution in [0, 0.1) is 0 Å². The van der Waals surface area contributed by atoms with E-state index in [1.807, 2.05) is 11.4 Å². The molecule has 92 valence electrons. The first-order valence-corrected chi connectivity index (χ1v) is 6.38. The average Bonchev–Trinajstić information content (AvgIpc) is 2.72. The van der Waals surface area contributed by atoms with Gasteiger partial charge in [0.1, 0.15) is 12.4 Å². The predicted molar refractivity (Wildman–Crippen MR) is 69.8 cm³/mol. The number of aromatic nitrogens is 1. The van der Waals surface area contributed by atoms with Crippen LogP contribution in [-0.4, -0.2) is 24.0 Å². The first kappa shape index (κ1) is 11.0. The van der Waals surface area contributed by atoms with Gasteiger partial charge in [-0.1, -0.05) is 0 Å². The van der Waals surface area contributed by atoms with Crippen molar-refractivity contribution >= 4 is 22.4 Å². The molecule has 0 unspecified atom stereocenters. The van der Waals surface area contributed by atoms with Crippen LogP contribution in [0.4, 0.5) is 5.13 Å². The lowest BCUT2D eigenvalue weighted by molar-refractivity contribution is 0.0957. The van der Waals surface area contributed by atoms with Crippen molar-refractivity contribution in [3.05, 3.63) is 29.1 Å². The SMILES string of the molecule is Nc1nc(-c2ccc3c(c2)C(=O)NCCO3)cs1. The Morgan fingerprint density at radius 1 is 1.44 bits per heavy atom. The molecular formula is C12H11N3O2S. The van der Waals surface area contributed by atoms with Crippen LogP contribution in [0.25, 0.3) is 11.3 Å². The zero-order valence-corrected chi connectivity index (χ0v) is 10.3. The van der Waals surface area contributed by atoms with Crippen LogP contribution >= 0.6 is 11.3 Å². The minimum absolute atomic E-state index is 0.118. The molecule has 0 aliphatic carbocycles. The summed E-state index contributed by atoms with van der Waals surface area (Å²) in [5.41, 5.74) is 7.79. The summed E-state index contributed by atoms with van der Waals surface area (Å²) < 4.78 is 5.49. The number of anilines is 1. The second-order valence-electron chi connectivity index (χ2n) is 3.89. The number of hydrogen-bond donors (Lipinski definition) is 2. The van der Waals surface area contributed by atoms with E-state index in [2.05, 4.69) is 10.3 Å². The Balaban J connectivity index is 2.07. The van der Waals surface area contributed by atoms with Crippen LogP contribution in [-0.2, 0) is 0 Å². The van der Waals surface area contributed by atoms with E-state index in [1.165, 1.54) is 11.3 Å². The van der Waals surface area contributed by atoms with Gasteiger partial charge in [0.05, 0.1) is 17.8 Å². The number of thiazole rings is 1. The Labute approximate surface area is 108 Å². The molecule has 0 saturated carbocycles. The first-order chi connectivity index (χ1) is 8.74. The number of amides is 1. The van der Waals surface area contributed by atoms with Gasteiger partial charge in [-0.05, 0) is 18.2 Å². The molecule has 18 heavy (non-hydrogen) atoms. The smallest absolute Gasteiger partial charge is 0.255 e. The maximum Gasteiger partial charge on any atom is 0.255 e. The molecule has 0 saturated heterocycles. The van der Waals surface area contributed by atoms with Crippen molar-refractivity contribution in [3.8, 4) is 17.0 Å². The van der Waals surface area contributed by atoms with Crippen LogP contribution in [0.3, 0.4) is 0 Å². The normalized spacial score (nSPS) is 14.3. The number of nitrogen functional groups attached to an aromatic ring is 1. The molecule has 1 aromatic heterocycles. The standard InChI is InChI=1S/C12H11N3O2S/c13-12-15-9(6-18-12)7-1-2-10-8(5-7)11(16)14-3-4-17-10/h1-2,5-6H,3-4H2,(H2,13,15)(H,14,16). The van der Waals surface area contributed by atoms with Crippen molar-refractivity contribution < 1.29 is 9.53 Å². The van der Waals surface area contributed by atoms with Crippen LogP contribution in [0.2, 0.25) is 0 Å². The first-order valence-electron chi connectivity index (χ1n) is 5.50. The van der Waals surface area contributed by atoms with Gasteiger partial charge in [-0.3, -0.25) is 4.79 Å². The number of nitrogens with two attached hydrogens (primary N) is 1. The van der Waals surface area contributed by atoms with Crippen molar-refractivity contribution in [1.82, 2.24) is 10.3 Å². The van der Waals surface area contributed by atoms with Crippen LogP contribution in [0.15, 0.2) is 23.6 Å². The number of nitrogens with one attached hydrogen (secondary N) is 1. The van der Waals surface area contributed by atoms with Gasteiger partial charge < -0.3 is 15.8 Å². The number of rotatable bonds is 1. The third kappa shape index (κ3) is 1.91. The van der Waals surface area contributed by atoms with Gasteiger partial charge in [0, 0.05) is 10.9 Å². The fraction of sp³-hybridized carbons (Fsp3) is 0.167. The molecule has 1 aliphatic heterocycles. The topological polar surface area (TPSA) is 77.2 Å². The third-order valence-corrected chi connectivity index (χ3v) is 3.36. The molecule has 1 aromatic carbocycles. The summed E-state index contributed by atoms with van der Waals surface area (Å²) in [6.45, 7) is 1.01. The maximum absolute atomic E-state index is 11.9. The molecule has 2 heterocycles. The number of carbonyl (C=O) groups is 1. The number of benzene rings is 1. The molecule has 0 fully saturated rings. The molecule has 0 radical (unpaired) electrons. The fourth-order valence-corrected chi connectivity index (χ4v) is 2.41. The zero-order valence-electron chi connectivity index (χ0n) is 9.47. The summed E-state index contributed by atoms with van der Waals surface area (Å²) in [4.78, 5) is 16.1. The highest BCUT2D eigenvalue weighted by molar-refractivity contribution is 7.13. The van der Waals surface area contributed by atoms with E-state index in [1.54, 1.807) is 12.1 Å². The zero-order chi connectivity index (χ0) is 12.5. The van der Waals surface area contributed by atoms with Crippen LogP contribution < -0.4 is 15.8 Å². The Morgan fingerprint density at radius 2 is 2.33 bits per heavy atom. The average molecular weight is 261 g/mol. The molecule has 5 nitrogen and oxygen atoms in total. The summed E-state index contributed by atoms with van der Waals surface area (Å²) in [7, 11) is 0. The Bertz CT molecular complexity index is 609. The van der Waals surface area contributed by atoms with Crippen molar-refractivity contribution in [2.45, 2.75) is 0 Å². The highest BCUT2D eigenvalue weighted by Gasteiger charge is 2.17. The minimum atomic E-state index is -0.118. The van der Waals surface area contributed by atoms with Crippen molar-refractivity contribution in [1.29, 1.82) is 0 Å². The highest BCUT2D eigenvalue weighted by Crippen LogP contribution is 2.29. The predicted octanol–water partition coefficient (Wildman–Crippen LogP) is 1.51. The van der Waals surface area contributed by atoms with E-state index in [9.17, 15) is 4.79 Å². The molecule has 2 aromatic rings. The molecule has 0 bridgehead atoms. The van der Waals surface area contributed by atoms with E-state index >= 15 is 0 Å². The van der Waals surface area contributed by atoms with Gasteiger partial charge in [0.15, 0.2) is 5.13 Å². The highest BCUT2D eigenvalue weighted by atomic mass is 32.1. The van der Waals surface area contributed by atoms with E-state index in [0.717, 1.165) is 11.3 Å². The molecule has 3 N–H and O–H groups in total. The van der Waals surface area contributed by atoms with Gasteiger partial charge in [0.25, 0.3) is 5.91 Å². The Morgan fingerprint density at radius 3 is 3.11 bits per heavy atom. The van der Waals surface area contributed by atoms with Gasteiger partial charge in [-0.2, -0.15) is 0 Å². The molecule has 1 aliphatic rings. The maximum atomic E-state index is 11.9. The van der Waals surface area contributed by atoms with Crippen LogP contribution in [0.5, 0.6) is 5.75 Å². The number of fused-ring (bicyclic) bond motifs is 1. The second kappa shape index (κ2) is 4.30. The lowest BCUT2D eigenvalue weighted by Crippen LogP contribution is -2.24. The quantitative estimate of drug-likeness (QED) is 0.815. The summed E-state index contributed by atoms with van der Waals surface area (Å²) in [6.07, 6.45) is 0. The number of carbonyl (C=O) groups excluding carboxylic acids is 1. The van der Waals surface area contributed by atoms with Gasteiger partial charge in [0.2, 0.25) is 0 Å². The lowest BCUT2D eigenvalue weighted by Gasteiger charge is -2.06. The van der Waals surface area contributed by atoms with Crippen LogP contribution in [0.1, 0.15) is 10.4 Å². The number of ether oxygens (including phenoxy) is 1. The van der Waals surface area contributed by atoms with Gasteiger partial charge in [-0.15, -0.1) is 11.3 Å². The molecule has 3 rings (SSSR count). The molecule has 1 amide bonds. The molecular weight excluding hydrogens is 250 g/mol. The van der Waals surface area contributed by atoms with Gasteiger partial charge >= 0.3 is 0 Å². The summed E-state index contributed by atoms with van der Waals surface area (Å²) in [5.74, 6) is 0.490. The summed E-state index contributed by atoms with van der Waals surface area (Å²) in [6, 6.07) is 5.46. The largest absolute Gasteiger partial charge is 0.491 e. The lowest BCUT2D eigenvalue weighted by atomic mass is 10.1. The van der Waals surface area contributed by atoms with Crippen molar-refractivity contribution in [2.75, 3.05) is 18.9 Å².